The van der Waals surface area contributed by atoms with Crippen molar-refractivity contribution in [2.45, 2.75) is 201 Å². The van der Waals surface area contributed by atoms with Crippen molar-refractivity contribution in [3.63, 3.8) is 0 Å². The highest BCUT2D eigenvalue weighted by molar-refractivity contribution is 4.84. The Kier molecular flexibility index (Phi) is 23.9. The number of hydrogen-bond acceptors (Lipinski definition) is 0. The maximum Gasteiger partial charge on any atom is 0.256 e. The molecule has 212 valence electrons. The van der Waals surface area contributed by atoms with Crippen LogP contribution in [0.5, 0.6) is 0 Å². The van der Waals surface area contributed by atoms with Gasteiger partial charge in [0, 0.05) is 6.42 Å². The monoisotopic (exact) mass is 504 g/mol. The lowest BCUT2D eigenvalue weighted by Gasteiger charge is -2.07. The number of unbranched alkanes of at least 4 members (excludes halogenated alkanes) is 22. The molecule has 1 aromatic heterocycles. The maximum absolute atomic E-state index is 2.62. The summed E-state index contributed by atoms with van der Waals surface area (Å²) in [6, 6.07) is 0. The molecule has 0 saturated heterocycles. The molecule has 1 heterocycles. The first kappa shape index (κ1) is 33.2. The first-order chi connectivity index (χ1) is 17.8. The number of aromatic nitrogens is 2. The van der Waals surface area contributed by atoms with Crippen LogP contribution in [0.15, 0.2) is 12.4 Å². The minimum atomic E-state index is 1.23. The molecule has 2 heteroatoms. The van der Waals surface area contributed by atoms with Gasteiger partial charge in [-0.15, -0.1) is 0 Å². The maximum atomic E-state index is 2.62. The van der Waals surface area contributed by atoms with E-state index in [1.807, 2.05) is 0 Å². The van der Waals surface area contributed by atoms with E-state index < -0.39 is 0 Å². The minimum absolute atomic E-state index is 1.23. The summed E-state index contributed by atoms with van der Waals surface area (Å²) in [6.45, 7) is 9.39. The van der Waals surface area contributed by atoms with E-state index >= 15 is 0 Å². The molecule has 0 N–H and O–H groups in total. The Hall–Kier alpha value is -0.790. The zero-order valence-electron chi connectivity index (χ0n) is 25.3. The molecule has 0 saturated carbocycles. The molecule has 0 radical (unpaired) electrons. The van der Waals surface area contributed by atoms with Crippen LogP contribution in [0.4, 0.5) is 0 Å². The molecular weight excluding hydrogens is 436 g/mol. The van der Waals surface area contributed by atoms with Gasteiger partial charge < -0.3 is 0 Å². The lowest BCUT2D eigenvalue weighted by Crippen LogP contribution is -2.37. The second-order valence-electron chi connectivity index (χ2n) is 11.6. The van der Waals surface area contributed by atoms with E-state index in [0.717, 1.165) is 0 Å². The van der Waals surface area contributed by atoms with E-state index in [9.17, 15) is 0 Å². The topological polar surface area (TPSA) is 8.81 Å². The lowest BCUT2D eigenvalue weighted by atomic mass is 10.1. The lowest BCUT2D eigenvalue weighted by molar-refractivity contribution is -0.704. The molecule has 0 aliphatic rings. The highest BCUT2D eigenvalue weighted by Crippen LogP contribution is 2.14. The third-order valence-corrected chi connectivity index (χ3v) is 8.10. The summed E-state index contributed by atoms with van der Waals surface area (Å²) in [5, 5.41) is 0. The molecular formula is C34H67N2+. The van der Waals surface area contributed by atoms with Crippen molar-refractivity contribution in [1.29, 1.82) is 0 Å². The third-order valence-electron chi connectivity index (χ3n) is 8.10. The average molecular weight is 504 g/mol. The SMILES string of the molecule is CCCCCCCCCCCC[n+]1ccn(CCCCCCCC)c1CCCCCCCCCCC. The van der Waals surface area contributed by atoms with Crippen LogP contribution < -0.4 is 4.57 Å². The van der Waals surface area contributed by atoms with Gasteiger partial charge in [0.25, 0.3) is 5.82 Å². The molecule has 0 spiro atoms. The van der Waals surface area contributed by atoms with Gasteiger partial charge in [0.1, 0.15) is 12.4 Å². The van der Waals surface area contributed by atoms with Gasteiger partial charge in [-0.2, -0.15) is 0 Å². The Morgan fingerprint density at radius 1 is 0.472 bits per heavy atom. The fraction of sp³-hybridized carbons (Fsp3) is 0.912. The van der Waals surface area contributed by atoms with E-state index in [0.29, 0.717) is 0 Å². The fourth-order valence-corrected chi connectivity index (χ4v) is 5.62. The van der Waals surface area contributed by atoms with Crippen LogP contribution >= 0.6 is 0 Å². The average Bonchev–Trinajstić information content (AvgIpc) is 3.27. The van der Waals surface area contributed by atoms with Crippen LogP contribution in [-0.2, 0) is 19.5 Å². The van der Waals surface area contributed by atoms with Gasteiger partial charge in [-0.25, -0.2) is 9.13 Å². The zero-order chi connectivity index (χ0) is 25.9. The molecule has 0 fully saturated rings. The molecule has 0 aromatic carbocycles. The Morgan fingerprint density at radius 2 is 0.861 bits per heavy atom. The van der Waals surface area contributed by atoms with Crippen molar-refractivity contribution in [2.75, 3.05) is 0 Å². The molecule has 0 aliphatic heterocycles. The highest BCUT2D eigenvalue weighted by atomic mass is 15.1. The van der Waals surface area contributed by atoms with Crippen molar-refractivity contribution < 1.29 is 4.57 Å². The largest absolute Gasteiger partial charge is 0.256 e. The fourth-order valence-electron chi connectivity index (χ4n) is 5.62. The van der Waals surface area contributed by atoms with E-state index in [-0.39, 0.29) is 0 Å². The van der Waals surface area contributed by atoms with E-state index in [2.05, 4.69) is 42.3 Å². The van der Waals surface area contributed by atoms with Crippen LogP contribution in [0.3, 0.4) is 0 Å². The molecule has 36 heavy (non-hydrogen) atoms. The molecule has 0 aliphatic carbocycles. The van der Waals surface area contributed by atoms with Gasteiger partial charge in [0.15, 0.2) is 0 Å². The Bertz CT molecular complexity index is 562. The Morgan fingerprint density at radius 3 is 1.33 bits per heavy atom. The molecule has 0 bridgehead atoms. The van der Waals surface area contributed by atoms with E-state index in [1.165, 1.54) is 180 Å². The minimum Gasteiger partial charge on any atom is -0.234 e. The van der Waals surface area contributed by atoms with Crippen LogP contribution in [0.1, 0.15) is 187 Å². The first-order valence-electron chi connectivity index (χ1n) is 16.9. The van der Waals surface area contributed by atoms with Gasteiger partial charge in [0.05, 0.1) is 13.1 Å². The third kappa shape index (κ3) is 18.5. The smallest absolute Gasteiger partial charge is 0.234 e. The molecule has 2 nitrogen and oxygen atoms in total. The molecule has 0 amide bonds. The van der Waals surface area contributed by atoms with Gasteiger partial charge in [-0.1, -0.05) is 149 Å². The zero-order valence-corrected chi connectivity index (χ0v) is 25.3. The molecule has 1 aromatic rings. The van der Waals surface area contributed by atoms with Crippen LogP contribution in [0, 0.1) is 0 Å². The number of rotatable bonds is 28. The summed E-state index contributed by atoms with van der Waals surface area (Å²) < 4.78 is 5.23. The molecule has 1 rings (SSSR count). The van der Waals surface area contributed by atoms with Crippen molar-refractivity contribution in [1.82, 2.24) is 4.57 Å². The van der Waals surface area contributed by atoms with Gasteiger partial charge >= 0.3 is 0 Å². The highest BCUT2D eigenvalue weighted by Gasteiger charge is 2.16. The Labute approximate surface area is 228 Å². The van der Waals surface area contributed by atoms with Crippen LogP contribution in [0.2, 0.25) is 0 Å². The molecule has 0 atom stereocenters. The quantitative estimate of drug-likeness (QED) is 0.0794. The van der Waals surface area contributed by atoms with Crippen molar-refractivity contribution in [3.8, 4) is 0 Å². The number of hydrogen-bond donors (Lipinski definition) is 0. The van der Waals surface area contributed by atoms with E-state index in [4.69, 9.17) is 0 Å². The van der Waals surface area contributed by atoms with Crippen molar-refractivity contribution in [3.05, 3.63) is 18.2 Å². The van der Waals surface area contributed by atoms with Crippen molar-refractivity contribution in [2.24, 2.45) is 0 Å². The number of aryl methyl sites for hydroxylation is 2. The summed E-state index contributed by atoms with van der Waals surface area (Å²) >= 11 is 0. The summed E-state index contributed by atoms with van der Waals surface area (Å²) in [7, 11) is 0. The van der Waals surface area contributed by atoms with Gasteiger partial charge in [-0.05, 0) is 32.1 Å². The van der Waals surface area contributed by atoms with Crippen LogP contribution in [-0.4, -0.2) is 4.57 Å². The summed E-state index contributed by atoms with van der Waals surface area (Å²) in [5.74, 6) is 1.61. The predicted molar refractivity (Wildman–Crippen MR) is 161 cm³/mol. The van der Waals surface area contributed by atoms with Crippen molar-refractivity contribution >= 4 is 0 Å². The second kappa shape index (κ2) is 25.8. The second-order valence-corrected chi connectivity index (χ2v) is 11.6. The summed E-state index contributed by atoms with van der Waals surface area (Å²) in [4.78, 5) is 0. The van der Waals surface area contributed by atoms with Gasteiger partial charge in [-0.3, -0.25) is 0 Å². The van der Waals surface area contributed by atoms with Gasteiger partial charge in [0.2, 0.25) is 0 Å². The summed E-state index contributed by atoms with van der Waals surface area (Å²) in [5.41, 5.74) is 0. The summed E-state index contributed by atoms with van der Waals surface area (Å²) in [6.07, 6.45) is 41.4. The standard InChI is InChI=1S/C34H67N2/c1-4-7-10-13-16-18-20-22-25-28-31-36-33-32-35(30-27-24-15-12-9-6-3)34(36)29-26-23-21-19-17-14-11-8-5-2/h32-33H,4-31H2,1-3H3/q+1. The van der Waals surface area contributed by atoms with E-state index in [1.54, 1.807) is 5.82 Å². The predicted octanol–water partition coefficient (Wildman–Crippen LogP) is 11.1. The number of nitrogens with zero attached hydrogens (tertiary/aromatic N) is 2. The number of imidazole rings is 1. The Balaban J connectivity index is 2.33. The first-order valence-corrected chi connectivity index (χ1v) is 16.9. The van der Waals surface area contributed by atoms with Crippen LogP contribution in [0.25, 0.3) is 0 Å². The normalized spacial score (nSPS) is 11.5. The molecule has 0 unspecified atom stereocenters.